The average molecular weight is 353 g/mol. The summed E-state index contributed by atoms with van der Waals surface area (Å²) >= 11 is 0. The van der Waals surface area contributed by atoms with Crippen molar-refractivity contribution in [1.82, 2.24) is 25.5 Å². The summed E-state index contributed by atoms with van der Waals surface area (Å²) in [6.07, 6.45) is 9.13. The van der Waals surface area contributed by atoms with E-state index in [0.717, 1.165) is 42.7 Å². The van der Waals surface area contributed by atoms with Gasteiger partial charge in [0.15, 0.2) is 6.61 Å². The van der Waals surface area contributed by atoms with Crippen molar-refractivity contribution >= 4 is 5.91 Å². The number of carbonyl (C=O) groups excluding carboxylic acids is 1. The number of carbonyl (C=O) groups is 1. The molecule has 4 aliphatic rings. The van der Waals surface area contributed by atoms with Gasteiger partial charge in [0.25, 0.3) is 5.91 Å². The van der Waals surface area contributed by atoms with Gasteiger partial charge in [0.1, 0.15) is 12.1 Å². The summed E-state index contributed by atoms with van der Waals surface area (Å²) in [5.41, 5.74) is 0.888. The molecule has 1 aromatic heterocycles. The number of aromatic nitrogens is 4. The van der Waals surface area contributed by atoms with Gasteiger partial charge in [-0.3, -0.25) is 4.79 Å². The highest BCUT2D eigenvalue weighted by molar-refractivity contribution is 5.78. The zero-order chi connectivity index (χ0) is 17.6. The number of tetrazole rings is 1. The van der Waals surface area contributed by atoms with E-state index >= 15 is 0 Å². The van der Waals surface area contributed by atoms with Crippen LogP contribution in [-0.2, 0) is 4.79 Å². The van der Waals surface area contributed by atoms with Crippen LogP contribution in [0.2, 0.25) is 0 Å². The molecule has 7 nitrogen and oxygen atoms in total. The third-order valence-corrected chi connectivity index (χ3v) is 6.26. The number of benzene rings is 1. The topological polar surface area (TPSA) is 81.9 Å². The van der Waals surface area contributed by atoms with Gasteiger partial charge in [-0.1, -0.05) is 0 Å². The average Bonchev–Trinajstić information content (AvgIpc) is 3.13. The lowest BCUT2D eigenvalue weighted by Gasteiger charge is -2.56. The summed E-state index contributed by atoms with van der Waals surface area (Å²) in [6, 6.07) is 7.38. The molecule has 26 heavy (non-hydrogen) atoms. The fraction of sp³-hybridized carbons (Fsp3) is 0.579. The van der Waals surface area contributed by atoms with Crippen LogP contribution in [0.4, 0.5) is 0 Å². The molecular weight excluding hydrogens is 330 g/mol. The molecule has 2 aromatic rings. The molecular formula is C19H23N5O2. The van der Waals surface area contributed by atoms with Crippen molar-refractivity contribution in [2.45, 2.75) is 44.1 Å². The van der Waals surface area contributed by atoms with Crippen LogP contribution in [0.5, 0.6) is 5.75 Å². The molecule has 0 aliphatic heterocycles. The highest BCUT2D eigenvalue weighted by Crippen LogP contribution is 2.55. The SMILES string of the molecule is O=C(COc1ccc(-n2cnnn2)cc1)NC12CC3CC(CC(C3)C1)C2. The second-order valence-corrected chi connectivity index (χ2v) is 8.28. The molecule has 7 heteroatoms. The monoisotopic (exact) mass is 353 g/mol. The Hall–Kier alpha value is -2.44. The van der Waals surface area contributed by atoms with Gasteiger partial charge in [-0.15, -0.1) is 5.10 Å². The van der Waals surface area contributed by atoms with E-state index in [1.165, 1.54) is 25.6 Å². The van der Waals surface area contributed by atoms with Crippen LogP contribution in [0.3, 0.4) is 0 Å². The Labute approximate surface area is 152 Å². The van der Waals surface area contributed by atoms with E-state index < -0.39 is 0 Å². The molecule has 0 saturated heterocycles. The summed E-state index contributed by atoms with van der Waals surface area (Å²) in [5.74, 6) is 3.13. The van der Waals surface area contributed by atoms with Gasteiger partial charge < -0.3 is 10.1 Å². The Bertz CT molecular complexity index is 751. The Morgan fingerprint density at radius 1 is 1.12 bits per heavy atom. The van der Waals surface area contributed by atoms with Crippen LogP contribution in [0, 0.1) is 17.8 Å². The molecule has 4 bridgehead atoms. The maximum Gasteiger partial charge on any atom is 0.258 e. The van der Waals surface area contributed by atoms with E-state index in [9.17, 15) is 4.79 Å². The fourth-order valence-corrected chi connectivity index (χ4v) is 5.72. The molecule has 4 fully saturated rings. The third-order valence-electron chi connectivity index (χ3n) is 6.26. The highest BCUT2D eigenvalue weighted by atomic mass is 16.5. The lowest BCUT2D eigenvalue weighted by atomic mass is 9.53. The highest BCUT2D eigenvalue weighted by Gasteiger charge is 2.51. The van der Waals surface area contributed by atoms with Crippen LogP contribution in [0.1, 0.15) is 38.5 Å². The maximum absolute atomic E-state index is 12.5. The second-order valence-electron chi connectivity index (χ2n) is 8.28. The van der Waals surface area contributed by atoms with E-state index in [1.807, 2.05) is 24.3 Å². The van der Waals surface area contributed by atoms with Gasteiger partial charge in [-0.25, -0.2) is 4.68 Å². The molecule has 1 aromatic carbocycles. The largest absolute Gasteiger partial charge is 0.484 e. The predicted octanol–water partition coefficient (Wildman–Crippen LogP) is 2.13. The Morgan fingerprint density at radius 2 is 1.77 bits per heavy atom. The van der Waals surface area contributed by atoms with E-state index in [4.69, 9.17) is 4.74 Å². The first-order valence-electron chi connectivity index (χ1n) is 9.45. The van der Waals surface area contributed by atoms with Gasteiger partial charge in [0.05, 0.1) is 5.69 Å². The van der Waals surface area contributed by atoms with Crippen molar-refractivity contribution in [2.75, 3.05) is 6.61 Å². The molecule has 1 amide bonds. The molecule has 1 heterocycles. The minimum atomic E-state index is -0.00324. The number of nitrogens with one attached hydrogen (secondary N) is 1. The zero-order valence-electron chi connectivity index (χ0n) is 14.7. The minimum Gasteiger partial charge on any atom is -0.484 e. The summed E-state index contributed by atoms with van der Waals surface area (Å²) in [6.45, 7) is 0.0615. The minimum absolute atomic E-state index is 0.00324. The van der Waals surface area contributed by atoms with E-state index in [-0.39, 0.29) is 18.1 Å². The van der Waals surface area contributed by atoms with Gasteiger partial charge in [0, 0.05) is 5.54 Å². The van der Waals surface area contributed by atoms with Crippen molar-refractivity contribution in [3.8, 4) is 11.4 Å². The molecule has 1 N–H and O–H groups in total. The van der Waals surface area contributed by atoms with Crippen LogP contribution in [-0.4, -0.2) is 38.3 Å². The Kier molecular flexibility index (Phi) is 3.69. The van der Waals surface area contributed by atoms with Crippen LogP contribution >= 0.6 is 0 Å². The standard InChI is InChI=1S/C19H23N5O2/c25-18(21-19-8-13-5-14(9-19)7-15(6-13)10-19)11-26-17-3-1-16(2-4-17)24-12-20-22-23-24/h1-4,12-15H,5-11H2,(H,21,25). The van der Waals surface area contributed by atoms with Crippen LogP contribution in [0.15, 0.2) is 30.6 Å². The second kappa shape index (κ2) is 6.07. The molecule has 0 unspecified atom stereocenters. The number of hydrogen-bond donors (Lipinski definition) is 1. The van der Waals surface area contributed by atoms with E-state index in [1.54, 1.807) is 4.68 Å². The van der Waals surface area contributed by atoms with Gasteiger partial charge >= 0.3 is 0 Å². The maximum atomic E-state index is 12.5. The molecule has 4 aliphatic carbocycles. The lowest BCUT2D eigenvalue weighted by Crippen LogP contribution is -2.60. The van der Waals surface area contributed by atoms with Gasteiger partial charge in [-0.2, -0.15) is 0 Å². The molecule has 0 spiro atoms. The van der Waals surface area contributed by atoms with Crippen LogP contribution < -0.4 is 10.1 Å². The summed E-state index contributed by atoms with van der Waals surface area (Å²) < 4.78 is 7.25. The summed E-state index contributed by atoms with van der Waals surface area (Å²) in [7, 11) is 0. The quantitative estimate of drug-likeness (QED) is 0.890. The number of nitrogens with zero attached hydrogens (tertiary/aromatic N) is 4. The van der Waals surface area contributed by atoms with Gasteiger partial charge in [0.2, 0.25) is 0 Å². The van der Waals surface area contributed by atoms with Crippen molar-refractivity contribution in [3.63, 3.8) is 0 Å². The first-order chi connectivity index (χ1) is 12.7. The van der Waals surface area contributed by atoms with Crippen molar-refractivity contribution in [1.29, 1.82) is 0 Å². The first kappa shape index (κ1) is 15.8. The number of ether oxygens (including phenoxy) is 1. The first-order valence-corrected chi connectivity index (χ1v) is 9.45. The zero-order valence-corrected chi connectivity index (χ0v) is 14.7. The number of amides is 1. The number of rotatable bonds is 5. The van der Waals surface area contributed by atoms with Crippen molar-refractivity contribution in [2.24, 2.45) is 17.8 Å². The molecule has 0 atom stereocenters. The Balaban J connectivity index is 1.18. The third kappa shape index (κ3) is 2.95. The Morgan fingerprint density at radius 3 is 2.35 bits per heavy atom. The lowest BCUT2D eigenvalue weighted by molar-refractivity contribution is -0.128. The van der Waals surface area contributed by atoms with Gasteiger partial charge in [-0.05, 0) is 91.0 Å². The summed E-state index contributed by atoms with van der Waals surface area (Å²) in [4.78, 5) is 12.5. The molecule has 0 radical (unpaired) electrons. The molecule has 6 rings (SSSR count). The molecule has 4 saturated carbocycles. The van der Waals surface area contributed by atoms with Crippen molar-refractivity contribution in [3.05, 3.63) is 30.6 Å². The number of hydrogen-bond acceptors (Lipinski definition) is 5. The smallest absolute Gasteiger partial charge is 0.258 e. The van der Waals surface area contributed by atoms with E-state index in [2.05, 4.69) is 20.8 Å². The van der Waals surface area contributed by atoms with Crippen LogP contribution in [0.25, 0.3) is 5.69 Å². The van der Waals surface area contributed by atoms with Crippen molar-refractivity contribution < 1.29 is 9.53 Å². The predicted molar refractivity (Wildman–Crippen MR) is 93.7 cm³/mol. The molecule has 136 valence electrons. The normalized spacial score (nSPS) is 31.8. The summed E-state index contributed by atoms with van der Waals surface area (Å²) in [5, 5.41) is 14.4. The van der Waals surface area contributed by atoms with E-state index in [0.29, 0.717) is 5.75 Å². The fourth-order valence-electron chi connectivity index (χ4n) is 5.72.